The second-order valence-electron chi connectivity index (χ2n) is 5.53. The second-order valence-corrected chi connectivity index (χ2v) is 5.53. The third kappa shape index (κ3) is 3.12. The van der Waals surface area contributed by atoms with Gasteiger partial charge in [0.15, 0.2) is 0 Å². The fourth-order valence-electron chi connectivity index (χ4n) is 2.78. The molecule has 1 saturated carbocycles. The highest BCUT2D eigenvalue weighted by atomic mass is 19.1. The van der Waals surface area contributed by atoms with Gasteiger partial charge in [-0.3, -0.25) is 0 Å². The lowest BCUT2D eigenvalue weighted by Crippen LogP contribution is -2.38. The fourth-order valence-corrected chi connectivity index (χ4v) is 2.78. The van der Waals surface area contributed by atoms with Crippen molar-refractivity contribution in [3.63, 3.8) is 0 Å². The summed E-state index contributed by atoms with van der Waals surface area (Å²) in [7, 11) is 0. The van der Waals surface area contributed by atoms with Crippen molar-refractivity contribution in [3.8, 4) is 0 Å². The molecule has 0 amide bonds. The van der Waals surface area contributed by atoms with Crippen LogP contribution in [0.3, 0.4) is 0 Å². The van der Waals surface area contributed by atoms with E-state index in [4.69, 9.17) is 4.74 Å². The molecular formula is C15H19F2NO. The first-order valence-electron chi connectivity index (χ1n) is 7.03. The van der Waals surface area contributed by atoms with Crippen LogP contribution in [0.25, 0.3) is 0 Å². The Hall–Kier alpha value is -1.00. The Labute approximate surface area is 112 Å². The molecule has 0 radical (unpaired) electrons. The van der Waals surface area contributed by atoms with Crippen LogP contribution in [0.15, 0.2) is 18.2 Å². The molecule has 4 heteroatoms. The van der Waals surface area contributed by atoms with Gasteiger partial charge in [0, 0.05) is 30.9 Å². The standard InChI is InChI=1S/C15H19F2NO/c16-11-3-4-14(17)13(9-11)15(10-1-2-10)18-12-5-7-19-8-6-12/h3-4,9-10,12,15,18H,1-2,5-8H2/t15-/m0/s1. The highest BCUT2D eigenvalue weighted by molar-refractivity contribution is 5.24. The lowest BCUT2D eigenvalue weighted by molar-refractivity contribution is 0.0738. The van der Waals surface area contributed by atoms with Crippen molar-refractivity contribution >= 4 is 0 Å². The smallest absolute Gasteiger partial charge is 0.128 e. The van der Waals surface area contributed by atoms with E-state index in [0.29, 0.717) is 17.5 Å². The van der Waals surface area contributed by atoms with E-state index in [1.165, 1.54) is 18.2 Å². The summed E-state index contributed by atoms with van der Waals surface area (Å²) in [5.41, 5.74) is 0.481. The molecule has 1 aromatic rings. The molecule has 19 heavy (non-hydrogen) atoms. The molecule has 1 aliphatic carbocycles. The minimum absolute atomic E-state index is 0.0567. The number of hydrogen-bond acceptors (Lipinski definition) is 2. The zero-order valence-electron chi connectivity index (χ0n) is 10.9. The number of halogens is 2. The molecule has 1 heterocycles. The van der Waals surface area contributed by atoms with Gasteiger partial charge in [0.05, 0.1) is 0 Å². The van der Waals surface area contributed by atoms with E-state index in [1.807, 2.05) is 0 Å². The monoisotopic (exact) mass is 267 g/mol. The van der Waals surface area contributed by atoms with Gasteiger partial charge in [-0.05, 0) is 49.8 Å². The first-order valence-corrected chi connectivity index (χ1v) is 7.03. The van der Waals surface area contributed by atoms with Crippen molar-refractivity contribution in [1.82, 2.24) is 5.32 Å². The van der Waals surface area contributed by atoms with Crippen molar-refractivity contribution in [2.75, 3.05) is 13.2 Å². The van der Waals surface area contributed by atoms with Crippen molar-refractivity contribution in [3.05, 3.63) is 35.4 Å². The van der Waals surface area contributed by atoms with Crippen molar-refractivity contribution in [1.29, 1.82) is 0 Å². The predicted octanol–water partition coefficient (Wildman–Crippen LogP) is 3.18. The van der Waals surface area contributed by atoms with Crippen LogP contribution in [0.5, 0.6) is 0 Å². The molecular weight excluding hydrogens is 248 g/mol. The van der Waals surface area contributed by atoms with Crippen LogP contribution in [0, 0.1) is 17.6 Å². The molecule has 1 aliphatic heterocycles. The Bertz CT molecular complexity index is 442. The third-order valence-electron chi connectivity index (χ3n) is 4.02. The van der Waals surface area contributed by atoms with E-state index in [1.54, 1.807) is 0 Å². The highest BCUT2D eigenvalue weighted by Gasteiger charge is 2.35. The molecule has 1 atom stereocenters. The van der Waals surface area contributed by atoms with Gasteiger partial charge in [-0.1, -0.05) is 0 Å². The number of benzene rings is 1. The Kier molecular flexibility index (Phi) is 3.80. The maximum Gasteiger partial charge on any atom is 0.128 e. The molecule has 0 aromatic heterocycles. The summed E-state index contributed by atoms with van der Waals surface area (Å²) in [6.07, 6.45) is 4.08. The van der Waals surface area contributed by atoms with Gasteiger partial charge >= 0.3 is 0 Å². The molecule has 2 aliphatic rings. The van der Waals surface area contributed by atoms with E-state index in [0.717, 1.165) is 38.9 Å². The minimum atomic E-state index is -0.365. The van der Waals surface area contributed by atoms with Gasteiger partial charge < -0.3 is 10.1 Å². The largest absolute Gasteiger partial charge is 0.381 e. The average Bonchev–Trinajstić information content (AvgIpc) is 3.25. The summed E-state index contributed by atoms with van der Waals surface area (Å²) in [4.78, 5) is 0. The van der Waals surface area contributed by atoms with Crippen LogP contribution >= 0.6 is 0 Å². The summed E-state index contributed by atoms with van der Waals surface area (Å²) in [5.74, 6) is -0.229. The predicted molar refractivity (Wildman–Crippen MR) is 68.8 cm³/mol. The summed E-state index contributed by atoms with van der Waals surface area (Å²) in [6.45, 7) is 1.50. The van der Waals surface area contributed by atoms with E-state index >= 15 is 0 Å². The summed E-state index contributed by atoms with van der Waals surface area (Å²) in [6, 6.07) is 4.04. The SMILES string of the molecule is Fc1ccc(F)c([C@@H](NC2CCOCC2)C2CC2)c1. The Balaban J connectivity index is 1.78. The molecule has 1 saturated heterocycles. The molecule has 0 bridgehead atoms. The summed E-state index contributed by atoms with van der Waals surface area (Å²) < 4.78 is 32.6. The zero-order valence-corrected chi connectivity index (χ0v) is 10.9. The lowest BCUT2D eigenvalue weighted by atomic mass is 9.98. The van der Waals surface area contributed by atoms with Crippen molar-refractivity contribution in [2.24, 2.45) is 5.92 Å². The van der Waals surface area contributed by atoms with Gasteiger partial charge in [0.1, 0.15) is 11.6 Å². The van der Waals surface area contributed by atoms with Crippen LogP contribution in [0.1, 0.15) is 37.3 Å². The van der Waals surface area contributed by atoms with E-state index in [9.17, 15) is 8.78 Å². The topological polar surface area (TPSA) is 21.3 Å². The quantitative estimate of drug-likeness (QED) is 0.904. The average molecular weight is 267 g/mol. The van der Waals surface area contributed by atoms with Crippen LogP contribution in [0.2, 0.25) is 0 Å². The maximum atomic E-state index is 13.9. The molecule has 2 nitrogen and oxygen atoms in total. The number of ether oxygens (including phenoxy) is 1. The van der Waals surface area contributed by atoms with Crippen LogP contribution in [-0.2, 0) is 4.74 Å². The molecule has 2 fully saturated rings. The van der Waals surface area contributed by atoms with Gasteiger partial charge in [0.25, 0.3) is 0 Å². The first kappa shape index (κ1) is 13.0. The second kappa shape index (κ2) is 5.55. The molecule has 0 spiro atoms. The van der Waals surface area contributed by atoms with Gasteiger partial charge in [-0.2, -0.15) is 0 Å². The first-order chi connectivity index (χ1) is 9.24. The van der Waals surface area contributed by atoms with E-state index in [-0.39, 0.29) is 17.7 Å². The Morgan fingerprint density at radius 1 is 1.11 bits per heavy atom. The molecule has 0 unspecified atom stereocenters. The minimum Gasteiger partial charge on any atom is -0.381 e. The lowest BCUT2D eigenvalue weighted by Gasteiger charge is -2.29. The van der Waals surface area contributed by atoms with E-state index in [2.05, 4.69) is 5.32 Å². The maximum absolute atomic E-state index is 13.9. The molecule has 104 valence electrons. The van der Waals surface area contributed by atoms with Crippen molar-refractivity contribution < 1.29 is 13.5 Å². The highest BCUT2D eigenvalue weighted by Crippen LogP contribution is 2.42. The van der Waals surface area contributed by atoms with Gasteiger partial charge in [-0.15, -0.1) is 0 Å². The number of hydrogen-bond donors (Lipinski definition) is 1. The zero-order chi connectivity index (χ0) is 13.2. The van der Waals surface area contributed by atoms with Crippen LogP contribution in [-0.4, -0.2) is 19.3 Å². The van der Waals surface area contributed by atoms with Gasteiger partial charge in [0.2, 0.25) is 0 Å². The molecule has 1 aromatic carbocycles. The Morgan fingerprint density at radius 3 is 2.53 bits per heavy atom. The number of rotatable bonds is 4. The summed E-state index contributed by atoms with van der Waals surface area (Å²) >= 11 is 0. The van der Waals surface area contributed by atoms with Crippen LogP contribution < -0.4 is 5.32 Å². The fraction of sp³-hybridized carbons (Fsp3) is 0.600. The van der Waals surface area contributed by atoms with Crippen LogP contribution in [0.4, 0.5) is 8.78 Å². The molecule has 1 N–H and O–H groups in total. The van der Waals surface area contributed by atoms with E-state index < -0.39 is 0 Å². The number of nitrogens with one attached hydrogen (secondary N) is 1. The Morgan fingerprint density at radius 2 is 1.84 bits per heavy atom. The van der Waals surface area contributed by atoms with Gasteiger partial charge in [-0.25, -0.2) is 8.78 Å². The third-order valence-corrected chi connectivity index (χ3v) is 4.02. The normalized spacial score (nSPS) is 22.4. The van der Waals surface area contributed by atoms with Crippen molar-refractivity contribution in [2.45, 2.75) is 37.8 Å². The summed E-state index contributed by atoms with van der Waals surface area (Å²) in [5, 5.41) is 3.52. The molecule has 3 rings (SSSR count).